The lowest BCUT2D eigenvalue weighted by Crippen LogP contribution is -2.31. The molecule has 0 aliphatic rings. The number of thiophene rings is 1. The molecule has 20 heavy (non-hydrogen) atoms. The Morgan fingerprint density at radius 1 is 1.55 bits per heavy atom. The number of carbonyl (C=O) groups is 1. The van der Waals surface area contributed by atoms with Gasteiger partial charge >= 0.3 is 0 Å². The minimum absolute atomic E-state index is 0.207. The summed E-state index contributed by atoms with van der Waals surface area (Å²) >= 11 is 1.25. The molecular weight excluding hydrogens is 277 g/mol. The van der Waals surface area contributed by atoms with Crippen LogP contribution in [0.15, 0.2) is 18.2 Å². The Morgan fingerprint density at radius 2 is 2.30 bits per heavy atom. The molecule has 0 saturated carbocycles. The Bertz CT molecular complexity index is 690. The largest absolute Gasteiger partial charge is 0.397 e. The molecule has 1 aromatic heterocycles. The molecule has 0 atom stereocenters. The maximum Gasteiger partial charge on any atom is 0.266 e. The molecule has 1 amide bonds. The molecular formula is C14H14FN3OS. The van der Waals surface area contributed by atoms with Crippen molar-refractivity contribution in [1.82, 2.24) is 4.90 Å². The van der Waals surface area contributed by atoms with Crippen LogP contribution >= 0.6 is 11.3 Å². The summed E-state index contributed by atoms with van der Waals surface area (Å²) in [5.74, 6) is -0.584. The van der Waals surface area contributed by atoms with Crippen molar-refractivity contribution < 1.29 is 9.18 Å². The third-order valence-electron chi connectivity index (χ3n) is 3.05. The van der Waals surface area contributed by atoms with Crippen LogP contribution in [0.3, 0.4) is 0 Å². The van der Waals surface area contributed by atoms with E-state index in [2.05, 4.69) is 0 Å². The van der Waals surface area contributed by atoms with E-state index >= 15 is 0 Å². The van der Waals surface area contributed by atoms with Gasteiger partial charge in [-0.2, -0.15) is 5.26 Å². The van der Waals surface area contributed by atoms with E-state index in [0.29, 0.717) is 29.0 Å². The van der Waals surface area contributed by atoms with Gasteiger partial charge in [-0.05, 0) is 25.1 Å². The van der Waals surface area contributed by atoms with Crippen molar-refractivity contribution >= 4 is 33.0 Å². The molecule has 0 unspecified atom stereocenters. The number of nitriles is 1. The first-order chi connectivity index (χ1) is 9.58. The number of benzene rings is 1. The topological polar surface area (TPSA) is 70.1 Å². The Kier molecular flexibility index (Phi) is 4.20. The van der Waals surface area contributed by atoms with Gasteiger partial charge in [0, 0.05) is 23.2 Å². The highest BCUT2D eigenvalue weighted by atomic mass is 32.1. The fraction of sp³-hybridized carbons (Fsp3) is 0.286. The first-order valence-corrected chi connectivity index (χ1v) is 7.03. The number of carbonyl (C=O) groups excluding carboxylic acids is 1. The van der Waals surface area contributed by atoms with Gasteiger partial charge in [0.1, 0.15) is 10.7 Å². The second-order valence-electron chi connectivity index (χ2n) is 4.28. The van der Waals surface area contributed by atoms with Gasteiger partial charge in [-0.15, -0.1) is 11.3 Å². The van der Waals surface area contributed by atoms with Gasteiger partial charge in [-0.3, -0.25) is 4.79 Å². The SMILES string of the molecule is CCN(CCC#N)C(=O)c1sc2ccc(F)cc2c1N. The Hall–Kier alpha value is -2.13. The van der Waals surface area contributed by atoms with Crippen molar-refractivity contribution in [2.24, 2.45) is 0 Å². The van der Waals surface area contributed by atoms with Gasteiger partial charge in [0.05, 0.1) is 18.2 Å². The summed E-state index contributed by atoms with van der Waals surface area (Å²) in [4.78, 5) is 14.4. The predicted molar refractivity (Wildman–Crippen MR) is 78.0 cm³/mol. The van der Waals surface area contributed by atoms with Crippen LogP contribution in [0.2, 0.25) is 0 Å². The quantitative estimate of drug-likeness (QED) is 0.941. The van der Waals surface area contributed by atoms with E-state index < -0.39 is 0 Å². The van der Waals surface area contributed by atoms with Crippen molar-refractivity contribution in [1.29, 1.82) is 5.26 Å². The summed E-state index contributed by atoms with van der Waals surface area (Å²) in [6.07, 6.45) is 0.277. The van der Waals surface area contributed by atoms with E-state index in [1.807, 2.05) is 13.0 Å². The molecule has 104 valence electrons. The van der Waals surface area contributed by atoms with E-state index in [1.54, 1.807) is 11.0 Å². The van der Waals surface area contributed by atoms with Crippen LogP contribution in [0.5, 0.6) is 0 Å². The van der Waals surface area contributed by atoms with Crippen molar-refractivity contribution in [2.45, 2.75) is 13.3 Å². The zero-order valence-corrected chi connectivity index (χ0v) is 11.8. The summed E-state index contributed by atoms with van der Waals surface area (Å²) in [5, 5.41) is 9.18. The molecule has 0 aliphatic carbocycles. The summed E-state index contributed by atoms with van der Waals surface area (Å²) in [6, 6.07) is 6.32. The number of fused-ring (bicyclic) bond motifs is 1. The zero-order chi connectivity index (χ0) is 14.7. The van der Waals surface area contributed by atoms with Crippen LogP contribution < -0.4 is 5.73 Å². The molecule has 1 aromatic carbocycles. The first-order valence-electron chi connectivity index (χ1n) is 6.22. The molecule has 0 fully saturated rings. The molecule has 0 spiro atoms. The predicted octanol–water partition coefficient (Wildman–Crippen LogP) is 3.00. The molecule has 4 nitrogen and oxygen atoms in total. The lowest BCUT2D eigenvalue weighted by atomic mass is 10.2. The van der Waals surface area contributed by atoms with Crippen molar-refractivity contribution in [3.63, 3.8) is 0 Å². The van der Waals surface area contributed by atoms with Crippen molar-refractivity contribution in [3.8, 4) is 6.07 Å². The second kappa shape index (κ2) is 5.88. The average Bonchev–Trinajstić information content (AvgIpc) is 2.76. The van der Waals surface area contributed by atoms with Crippen molar-refractivity contribution in [2.75, 3.05) is 18.8 Å². The number of anilines is 1. The molecule has 0 saturated heterocycles. The summed E-state index contributed by atoms with van der Waals surface area (Å²) in [7, 11) is 0. The second-order valence-corrected chi connectivity index (χ2v) is 5.33. The number of nitrogens with two attached hydrogens (primary N) is 1. The number of hydrogen-bond acceptors (Lipinski definition) is 4. The van der Waals surface area contributed by atoms with Gasteiger partial charge < -0.3 is 10.6 Å². The van der Waals surface area contributed by atoms with Crippen LogP contribution in [0.1, 0.15) is 23.0 Å². The Labute approximate surface area is 120 Å². The molecule has 2 N–H and O–H groups in total. The highest BCUT2D eigenvalue weighted by molar-refractivity contribution is 7.21. The lowest BCUT2D eigenvalue weighted by Gasteiger charge is -2.18. The summed E-state index contributed by atoms with van der Waals surface area (Å²) < 4.78 is 14.0. The van der Waals surface area contributed by atoms with Crippen molar-refractivity contribution in [3.05, 3.63) is 28.9 Å². The highest BCUT2D eigenvalue weighted by Crippen LogP contribution is 2.34. The number of rotatable bonds is 4. The van der Waals surface area contributed by atoms with Crippen LogP contribution in [0, 0.1) is 17.1 Å². The Morgan fingerprint density at radius 3 is 2.95 bits per heavy atom. The van der Waals surface area contributed by atoms with E-state index in [9.17, 15) is 9.18 Å². The number of nitrogens with zero attached hydrogens (tertiary/aromatic N) is 2. The van der Waals surface area contributed by atoms with E-state index in [4.69, 9.17) is 11.0 Å². The maximum atomic E-state index is 13.2. The third-order valence-corrected chi connectivity index (χ3v) is 4.22. The molecule has 0 radical (unpaired) electrons. The van der Waals surface area contributed by atoms with Gasteiger partial charge in [0.25, 0.3) is 5.91 Å². The standard InChI is InChI=1S/C14H14FN3OS/c1-2-18(7-3-6-16)14(19)13-12(17)10-8-9(15)4-5-11(10)20-13/h4-5,8H,2-3,7,17H2,1H3. The normalized spacial score (nSPS) is 10.4. The first kappa shape index (κ1) is 14.3. The van der Waals surface area contributed by atoms with Gasteiger partial charge in [-0.25, -0.2) is 4.39 Å². The van der Waals surface area contributed by atoms with Crippen LogP contribution in [-0.4, -0.2) is 23.9 Å². The minimum Gasteiger partial charge on any atom is -0.397 e. The molecule has 6 heteroatoms. The maximum absolute atomic E-state index is 13.2. The van der Waals surface area contributed by atoms with Crippen LogP contribution in [0.4, 0.5) is 10.1 Å². The van der Waals surface area contributed by atoms with E-state index in [0.717, 1.165) is 4.70 Å². The van der Waals surface area contributed by atoms with E-state index in [-0.39, 0.29) is 18.1 Å². The summed E-state index contributed by atoms with van der Waals surface area (Å²) in [6.45, 7) is 2.72. The molecule has 2 rings (SSSR count). The third kappa shape index (κ3) is 2.58. The van der Waals surface area contributed by atoms with E-state index in [1.165, 1.54) is 23.5 Å². The zero-order valence-electron chi connectivity index (χ0n) is 11.0. The highest BCUT2D eigenvalue weighted by Gasteiger charge is 2.21. The fourth-order valence-corrected chi connectivity index (χ4v) is 3.05. The number of nitrogen functional groups attached to an aromatic ring is 1. The monoisotopic (exact) mass is 291 g/mol. The smallest absolute Gasteiger partial charge is 0.266 e. The lowest BCUT2D eigenvalue weighted by molar-refractivity contribution is 0.0773. The number of hydrogen-bond donors (Lipinski definition) is 1. The number of amides is 1. The average molecular weight is 291 g/mol. The Balaban J connectivity index is 2.39. The molecule has 1 heterocycles. The van der Waals surface area contributed by atoms with Gasteiger partial charge in [0.2, 0.25) is 0 Å². The fourth-order valence-electron chi connectivity index (χ4n) is 1.98. The van der Waals surface area contributed by atoms with Crippen LogP contribution in [-0.2, 0) is 0 Å². The van der Waals surface area contributed by atoms with Crippen LogP contribution in [0.25, 0.3) is 10.1 Å². The molecule has 0 bridgehead atoms. The molecule has 2 aromatic rings. The number of halogens is 1. The van der Waals surface area contributed by atoms with Gasteiger partial charge in [0.15, 0.2) is 0 Å². The molecule has 0 aliphatic heterocycles. The summed E-state index contributed by atoms with van der Waals surface area (Å²) in [5.41, 5.74) is 6.27. The van der Waals surface area contributed by atoms with Gasteiger partial charge in [-0.1, -0.05) is 0 Å². The minimum atomic E-state index is -0.377.